The lowest BCUT2D eigenvalue weighted by Gasteiger charge is -2.37. The van der Waals surface area contributed by atoms with Gasteiger partial charge in [-0.1, -0.05) is 38.1 Å². The summed E-state index contributed by atoms with van der Waals surface area (Å²) in [7, 11) is 2.08. The summed E-state index contributed by atoms with van der Waals surface area (Å²) >= 11 is 1.51. The van der Waals surface area contributed by atoms with Crippen molar-refractivity contribution in [1.29, 1.82) is 5.26 Å². The Bertz CT molecular complexity index is 1030. The molecule has 11 heteroatoms. The topological polar surface area (TPSA) is 89.5 Å². The summed E-state index contributed by atoms with van der Waals surface area (Å²) in [5.41, 5.74) is 6.82. The molecule has 0 bridgehead atoms. The van der Waals surface area contributed by atoms with Crippen LogP contribution in [0.4, 0.5) is 18.3 Å². The van der Waals surface area contributed by atoms with Gasteiger partial charge in [-0.25, -0.2) is 4.98 Å². The van der Waals surface area contributed by atoms with Crippen LogP contribution in [0.3, 0.4) is 0 Å². The Hall–Kier alpha value is -2.68. The number of nitrogens with zero attached hydrogens (tertiary/aromatic N) is 5. The molecule has 0 radical (unpaired) electrons. The van der Waals surface area contributed by atoms with Crippen molar-refractivity contribution >= 4 is 22.4 Å². The maximum Gasteiger partial charge on any atom is 0.408 e. The lowest BCUT2D eigenvalue weighted by Crippen LogP contribution is -2.51. The summed E-state index contributed by atoms with van der Waals surface area (Å²) in [5, 5.41) is 12.0. The van der Waals surface area contributed by atoms with Gasteiger partial charge in [0, 0.05) is 37.1 Å². The van der Waals surface area contributed by atoms with Crippen LogP contribution in [0.2, 0.25) is 0 Å². The van der Waals surface area contributed by atoms with Crippen LogP contribution in [0.1, 0.15) is 31.9 Å². The molecule has 1 unspecified atom stereocenters. The second-order valence-corrected chi connectivity index (χ2v) is 10.1. The molecule has 1 aliphatic rings. The molecule has 0 spiro atoms. The first-order chi connectivity index (χ1) is 16.5. The average molecular weight is 509 g/mol. The fourth-order valence-corrected chi connectivity index (χ4v) is 5.16. The van der Waals surface area contributed by atoms with Crippen molar-refractivity contribution in [3.8, 4) is 17.3 Å². The van der Waals surface area contributed by atoms with E-state index in [1.54, 1.807) is 32.0 Å². The molecule has 35 heavy (non-hydrogen) atoms. The third-order valence-corrected chi connectivity index (χ3v) is 7.01. The zero-order chi connectivity index (χ0) is 25.8. The number of rotatable bonds is 9. The van der Waals surface area contributed by atoms with Crippen LogP contribution in [-0.4, -0.2) is 72.7 Å². The van der Waals surface area contributed by atoms with E-state index in [-0.39, 0.29) is 17.9 Å². The Morgan fingerprint density at radius 2 is 1.86 bits per heavy atom. The van der Waals surface area contributed by atoms with Gasteiger partial charge in [0.1, 0.15) is 6.04 Å². The summed E-state index contributed by atoms with van der Waals surface area (Å²) in [6, 6.07) is 4.40. The zero-order valence-electron chi connectivity index (χ0n) is 20.1. The van der Waals surface area contributed by atoms with Crippen molar-refractivity contribution < 1.29 is 18.0 Å². The number of piperazine rings is 1. The van der Waals surface area contributed by atoms with Crippen LogP contribution < -0.4 is 10.6 Å². The molecule has 3 rings (SSSR count). The molecular formula is C24H31F3N6OS. The summed E-state index contributed by atoms with van der Waals surface area (Å²) in [4.78, 5) is 22.1. The van der Waals surface area contributed by atoms with Gasteiger partial charge >= 0.3 is 6.18 Å². The minimum atomic E-state index is -4.71. The Labute approximate surface area is 207 Å². The molecule has 190 valence electrons. The molecule has 0 saturated carbocycles. The van der Waals surface area contributed by atoms with Gasteiger partial charge in [0.2, 0.25) is 5.91 Å². The van der Waals surface area contributed by atoms with Crippen molar-refractivity contribution in [1.82, 2.24) is 14.8 Å². The van der Waals surface area contributed by atoms with Crippen molar-refractivity contribution in [3.63, 3.8) is 0 Å². The van der Waals surface area contributed by atoms with E-state index >= 15 is 0 Å². The molecule has 2 heterocycles. The van der Waals surface area contributed by atoms with Gasteiger partial charge < -0.3 is 15.5 Å². The first-order valence-corrected chi connectivity index (χ1v) is 12.4. The lowest BCUT2D eigenvalue weighted by atomic mass is 9.96. The van der Waals surface area contributed by atoms with Crippen LogP contribution in [0.25, 0.3) is 11.3 Å². The maximum atomic E-state index is 14.3. The molecular weight excluding hydrogens is 477 g/mol. The molecule has 1 aliphatic heterocycles. The van der Waals surface area contributed by atoms with E-state index in [1.165, 1.54) is 23.5 Å². The van der Waals surface area contributed by atoms with Crippen LogP contribution in [0, 0.1) is 17.2 Å². The monoisotopic (exact) mass is 508 g/mol. The van der Waals surface area contributed by atoms with Crippen LogP contribution in [0.15, 0.2) is 29.6 Å². The van der Waals surface area contributed by atoms with E-state index in [0.717, 1.165) is 36.2 Å². The van der Waals surface area contributed by atoms with Gasteiger partial charge in [-0.05, 0) is 24.9 Å². The third-order valence-electron chi connectivity index (χ3n) is 6.11. The first kappa shape index (κ1) is 26.9. The maximum absolute atomic E-state index is 14.3. The largest absolute Gasteiger partial charge is 0.408 e. The SMILES string of the molecule is CC(C)C[C@@H](C(N)=O)N(CC#N)C(c1ccc(-c2csc(N3CCN(C)CC3)n2)cc1)C(F)(F)F. The summed E-state index contributed by atoms with van der Waals surface area (Å²) in [6.07, 6.45) is -4.59. The number of nitrogens with two attached hydrogens (primary N) is 1. The molecule has 1 aromatic carbocycles. The number of hydrogen-bond acceptors (Lipinski definition) is 7. The van der Waals surface area contributed by atoms with Crippen LogP contribution in [0.5, 0.6) is 0 Å². The van der Waals surface area contributed by atoms with E-state index in [4.69, 9.17) is 10.7 Å². The van der Waals surface area contributed by atoms with E-state index in [2.05, 4.69) is 16.8 Å². The molecule has 7 nitrogen and oxygen atoms in total. The van der Waals surface area contributed by atoms with Gasteiger partial charge in [-0.3, -0.25) is 9.69 Å². The number of anilines is 1. The zero-order valence-corrected chi connectivity index (χ0v) is 20.9. The number of likely N-dealkylation sites (N-methyl/N-ethyl adjacent to an activating group) is 1. The van der Waals surface area contributed by atoms with Crippen molar-refractivity contribution in [3.05, 3.63) is 35.2 Å². The molecule has 1 saturated heterocycles. The number of nitriles is 1. The number of thiazole rings is 1. The van der Waals surface area contributed by atoms with Crippen molar-refractivity contribution in [2.24, 2.45) is 11.7 Å². The second-order valence-electron chi connectivity index (χ2n) is 9.25. The minimum absolute atomic E-state index is 0.0546. The van der Waals surface area contributed by atoms with Crippen LogP contribution in [-0.2, 0) is 4.79 Å². The third kappa shape index (κ3) is 6.72. The van der Waals surface area contributed by atoms with E-state index in [1.807, 2.05) is 5.38 Å². The molecule has 1 amide bonds. The second kappa shape index (κ2) is 11.4. The van der Waals surface area contributed by atoms with Gasteiger partial charge in [0.05, 0.1) is 24.3 Å². The standard InChI is InChI=1S/C24H31F3N6OS/c1-16(2)14-20(22(29)34)33(9-8-28)21(24(25,26)27)18-6-4-17(5-7-18)19-15-35-23(30-19)32-12-10-31(3)11-13-32/h4-7,15-16,20-21H,9-14H2,1-3H3,(H2,29,34)/t20-,21?/m0/s1. The number of benzene rings is 1. The molecule has 1 aromatic heterocycles. The first-order valence-electron chi connectivity index (χ1n) is 11.5. The van der Waals surface area contributed by atoms with Crippen molar-refractivity contribution in [2.75, 3.05) is 44.7 Å². The number of aromatic nitrogens is 1. The summed E-state index contributed by atoms with van der Waals surface area (Å²) in [6.45, 7) is 6.66. The Morgan fingerprint density at radius 1 is 1.23 bits per heavy atom. The summed E-state index contributed by atoms with van der Waals surface area (Å²) < 4.78 is 42.8. The molecule has 2 N–H and O–H groups in total. The van der Waals surface area contributed by atoms with Gasteiger partial charge in [-0.15, -0.1) is 11.3 Å². The number of carbonyl (C=O) groups excluding carboxylic acids is 1. The van der Waals surface area contributed by atoms with E-state index < -0.39 is 30.7 Å². The smallest absolute Gasteiger partial charge is 0.368 e. The van der Waals surface area contributed by atoms with Crippen molar-refractivity contribution in [2.45, 2.75) is 38.5 Å². The summed E-state index contributed by atoms with van der Waals surface area (Å²) in [5.74, 6) is -0.956. The number of hydrogen-bond donors (Lipinski definition) is 1. The predicted octanol–water partition coefficient (Wildman–Crippen LogP) is 3.89. The Kier molecular flexibility index (Phi) is 8.74. The molecule has 1 fully saturated rings. The fourth-order valence-electron chi connectivity index (χ4n) is 4.27. The van der Waals surface area contributed by atoms with Gasteiger partial charge in [0.15, 0.2) is 5.13 Å². The quantitative estimate of drug-likeness (QED) is 0.517. The highest BCUT2D eigenvalue weighted by molar-refractivity contribution is 7.14. The Balaban J connectivity index is 1.89. The number of alkyl halides is 3. The van der Waals surface area contributed by atoms with Crippen LogP contribution >= 0.6 is 11.3 Å². The number of amides is 1. The molecule has 2 atom stereocenters. The fraction of sp³-hybridized carbons (Fsp3) is 0.542. The Morgan fingerprint density at radius 3 is 2.37 bits per heavy atom. The lowest BCUT2D eigenvalue weighted by molar-refractivity contribution is -0.192. The molecule has 0 aliphatic carbocycles. The number of primary amides is 1. The van der Waals surface area contributed by atoms with Gasteiger partial charge in [0.25, 0.3) is 0 Å². The highest BCUT2D eigenvalue weighted by Crippen LogP contribution is 2.40. The highest BCUT2D eigenvalue weighted by Gasteiger charge is 2.48. The number of carbonyl (C=O) groups is 1. The normalized spacial score (nSPS) is 16.9. The predicted molar refractivity (Wildman–Crippen MR) is 131 cm³/mol. The minimum Gasteiger partial charge on any atom is -0.368 e. The van der Waals surface area contributed by atoms with E-state index in [0.29, 0.717) is 11.3 Å². The van der Waals surface area contributed by atoms with Gasteiger partial charge in [-0.2, -0.15) is 18.4 Å². The number of halogens is 3. The van der Waals surface area contributed by atoms with E-state index in [9.17, 15) is 23.2 Å². The highest BCUT2D eigenvalue weighted by atomic mass is 32.1. The average Bonchev–Trinajstić information content (AvgIpc) is 3.27. The molecule has 2 aromatic rings.